The van der Waals surface area contributed by atoms with E-state index in [1.54, 1.807) is 17.4 Å². The van der Waals surface area contributed by atoms with Gasteiger partial charge in [0.25, 0.3) is 0 Å². The largest absolute Gasteiger partial charge is 0.253 e. The lowest BCUT2D eigenvalue weighted by atomic mass is 10.0. The van der Waals surface area contributed by atoms with Crippen LogP contribution >= 0.6 is 11.3 Å². The van der Waals surface area contributed by atoms with Gasteiger partial charge in [-0.1, -0.05) is 60.7 Å². The number of hydrogen-bond acceptors (Lipinski definition) is 3. The van der Waals surface area contributed by atoms with Crippen molar-refractivity contribution in [2.75, 3.05) is 6.54 Å². The van der Waals surface area contributed by atoms with Crippen LogP contribution in [-0.2, 0) is 0 Å². The van der Waals surface area contributed by atoms with Gasteiger partial charge in [0.05, 0.1) is 18.0 Å². The van der Waals surface area contributed by atoms with Crippen molar-refractivity contribution in [2.45, 2.75) is 20.8 Å². The normalized spacial score (nSPS) is 12.5. The third kappa shape index (κ3) is 3.91. The first kappa shape index (κ1) is 20.0. The molecule has 0 bridgehead atoms. The van der Waals surface area contributed by atoms with Crippen molar-refractivity contribution in [3.05, 3.63) is 100 Å². The van der Waals surface area contributed by atoms with Gasteiger partial charge < -0.3 is 0 Å². The standard InChI is InChI=1S/C26H25N3S/c1-5-15-27-26-29(25(17-30-26)22-14-13-18(2)19(3)16-22)28-20(4)23-12-8-10-21-9-6-7-11-24(21)23/h5-14,16-17H,1,15H2,2-4H3. The van der Waals surface area contributed by atoms with Crippen LogP contribution in [0.25, 0.3) is 22.0 Å². The van der Waals surface area contributed by atoms with Crippen molar-refractivity contribution in [1.82, 2.24) is 4.68 Å². The Balaban J connectivity index is 1.91. The molecule has 0 saturated carbocycles. The van der Waals surface area contributed by atoms with Gasteiger partial charge in [-0.15, -0.1) is 17.9 Å². The van der Waals surface area contributed by atoms with Gasteiger partial charge in [0.1, 0.15) is 0 Å². The summed E-state index contributed by atoms with van der Waals surface area (Å²) in [5.41, 5.74) is 6.83. The van der Waals surface area contributed by atoms with Gasteiger partial charge in [-0.05, 0) is 48.7 Å². The van der Waals surface area contributed by atoms with E-state index < -0.39 is 0 Å². The summed E-state index contributed by atoms with van der Waals surface area (Å²) in [6.07, 6.45) is 1.81. The Labute approximate surface area is 181 Å². The molecule has 150 valence electrons. The van der Waals surface area contributed by atoms with E-state index in [9.17, 15) is 0 Å². The highest BCUT2D eigenvalue weighted by molar-refractivity contribution is 7.07. The maximum absolute atomic E-state index is 5.04. The molecule has 0 aliphatic rings. The molecule has 0 fully saturated rings. The zero-order valence-corrected chi connectivity index (χ0v) is 18.4. The molecule has 0 N–H and O–H groups in total. The second-order valence-electron chi connectivity index (χ2n) is 7.36. The average Bonchev–Trinajstić information content (AvgIpc) is 3.16. The first-order valence-electron chi connectivity index (χ1n) is 10.0. The van der Waals surface area contributed by atoms with E-state index in [0.717, 1.165) is 27.3 Å². The molecule has 0 amide bonds. The van der Waals surface area contributed by atoms with Crippen molar-refractivity contribution < 1.29 is 0 Å². The Morgan fingerprint density at radius 1 is 1.03 bits per heavy atom. The van der Waals surface area contributed by atoms with E-state index in [1.807, 2.05) is 4.68 Å². The van der Waals surface area contributed by atoms with Crippen LogP contribution in [-0.4, -0.2) is 16.9 Å². The SMILES string of the molecule is C=CCN=c1scc(-c2ccc(C)c(C)c2)n1N=C(C)c1cccc2ccccc12. The Kier molecular flexibility index (Phi) is 5.77. The summed E-state index contributed by atoms with van der Waals surface area (Å²) >= 11 is 1.60. The van der Waals surface area contributed by atoms with Crippen LogP contribution in [0.1, 0.15) is 23.6 Å². The van der Waals surface area contributed by atoms with Crippen LogP contribution in [0.3, 0.4) is 0 Å². The summed E-state index contributed by atoms with van der Waals surface area (Å²) in [5, 5.41) is 9.58. The number of fused-ring (bicyclic) bond motifs is 1. The van der Waals surface area contributed by atoms with Crippen LogP contribution in [0.4, 0.5) is 0 Å². The molecule has 4 heteroatoms. The first-order chi connectivity index (χ1) is 14.6. The van der Waals surface area contributed by atoms with Crippen LogP contribution in [0, 0.1) is 13.8 Å². The minimum atomic E-state index is 0.565. The summed E-state index contributed by atoms with van der Waals surface area (Å²) in [5.74, 6) is 0. The molecule has 3 nitrogen and oxygen atoms in total. The van der Waals surface area contributed by atoms with Gasteiger partial charge in [0.15, 0.2) is 0 Å². The lowest BCUT2D eigenvalue weighted by Crippen LogP contribution is -2.14. The van der Waals surface area contributed by atoms with E-state index in [1.165, 1.54) is 21.9 Å². The summed E-state index contributed by atoms with van der Waals surface area (Å²) in [4.78, 5) is 5.54. The zero-order chi connectivity index (χ0) is 21.1. The van der Waals surface area contributed by atoms with Gasteiger partial charge in [-0.25, -0.2) is 4.68 Å². The minimum absolute atomic E-state index is 0.565. The average molecular weight is 412 g/mol. The topological polar surface area (TPSA) is 29.6 Å². The van der Waals surface area contributed by atoms with E-state index in [-0.39, 0.29) is 0 Å². The molecule has 3 aromatic carbocycles. The molecule has 0 radical (unpaired) electrons. The van der Waals surface area contributed by atoms with Gasteiger partial charge >= 0.3 is 0 Å². The molecule has 1 heterocycles. The van der Waals surface area contributed by atoms with Crippen molar-refractivity contribution in [3.8, 4) is 11.3 Å². The van der Waals surface area contributed by atoms with Crippen molar-refractivity contribution in [3.63, 3.8) is 0 Å². The third-order valence-electron chi connectivity index (χ3n) is 5.27. The second-order valence-corrected chi connectivity index (χ2v) is 8.19. The number of aromatic nitrogens is 1. The zero-order valence-electron chi connectivity index (χ0n) is 17.6. The lowest BCUT2D eigenvalue weighted by Gasteiger charge is -2.10. The molecule has 0 atom stereocenters. The molecule has 0 saturated heterocycles. The highest BCUT2D eigenvalue weighted by Crippen LogP contribution is 2.24. The van der Waals surface area contributed by atoms with Crippen LogP contribution in [0.5, 0.6) is 0 Å². The molecule has 0 unspecified atom stereocenters. The summed E-state index contributed by atoms with van der Waals surface area (Å²) in [6.45, 7) is 10.7. The van der Waals surface area contributed by atoms with Gasteiger partial charge in [0.2, 0.25) is 4.80 Å². The maximum atomic E-state index is 5.04. The number of benzene rings is 3. The molecular formula is C26H25N3S. The Bertz CT molecular complexity index is 1320. The number of aryl methyl sites for hydroxylation is 2. The van der Waals surface area contributed by atoms with Gasteiger partial charge in [-0.2, -0.15) is 5.10 Å². The summed E-state index contributed by atoms with van der Waals surface area (Å²) in [7, 11) is 0. The fourth-order valence-electron chi connectivity index (χ4n) is 3.49. The predicted octanol–water partition coefficient (Wildman–Crippen LogP) is 6.35. The van der Waals surface area contributed by atoms with Gasteiger partial charge in [0, 0.05) is 16.5 Å². The van der Waals surface area contributed by atoms with E-state index in [4.69, 9.17) is 5.10 Å². The molecule has 4 aromatic rings. The molecular weight excluding hydrogens is 386 g/mol. The first-order valence-corrected chi connectivity index (χ1v) is 10.9. The Morgan fingerprint density at radius 3 is 2.63 bits per heavy atom. The number of rotatable bonds is 5. The summed E-state index contributed by atoms with van der Waals surface area (Å²) < 4.78 is 1.97. The van der Waals surface area contributed by atoms with Crippen molar-refractivity contribution >= 4 is 27.8 Å². The van der Waals surface area contributed by atoms with Crippen molar-refractivity contribution in [2.24, 2.45) is 10.1 Å². The third-order valence-corrected chi connectivity index (χ3v) is 6.13. The second kappa shape index (κ2) is 8.64. The van der Waals surface area contributed by atoms with Crippen molar-refractivity contribution in [1.29, 1.82) is 0 Å². The molecule has 1 aromatic heterocycles. The molecule has 30 heavy (non-hydrogen) atoms. The fourth-order valence-corrected chi connectivity index (χ4v) is 4.33. The monoisotopic (exact) mass is 411 g/mol. The fraction of sp³-hybridized carbons (Fsp3) is 0.154. The smallest absolute Gasteiger partial charge is 0.206 e. The molecule has 4 rings (SSSR count). The van der Waals surface area contributed by atoms with Crippen LogP contribution < -0.4 is 4.80 Å². The number of hydrogen-bond donors (Lipinski definition) is 0. The molecule has 0 spiro atoms. The highest BCUT2D eigenvalue weighted by Gasteiger charge is 2.11. The van der Waals surface area contributed by atoms with E-state index in [2.05, 4.69) is 98.4 Å². The quantitative estimate of drug-likeness (QED) is 0.271. The Hall–Kier alpha value is -3.24. The number of thiazole rings is 1. The molecule has 0 aliphatic carbocycles. The predicted molar refractivity (Wildman–Crippen MR) is 129 cm³/mol. The highest BCUT2D eigenvalue weighted by atomic mass is 32.1. The van der Waals surface area contributed by atoms with E-state index in [0.29, 0.717) is 6.54 Å². The summed E-state index contributed by atoms with van der Waals surface area (Å²) in [6, 6.07) is 21.3. The molecule has 0 aliphatic heterocycles. The lowest BCUT2D eigenvalue weighted by molar-refractivity contribution is 0.834. The maximum Gasteiger partial charge on any atom is 0.206 e. The number of nitrogens with zero attached hydrogens (tertiary/aromatic N) is 3. The van der Waals surface area contributed by atoms with Gasteiger partial charge in [-0.3, -0.25) is 4.99 Å². The minimum Gasteiger partial charge on any atom is -0.253 e. The Morgan fingerprint density at radius 2 is 1.83 bits per heavy atom. The van der Waals surface area contributed by atoms with Crippen LogP contribution in [0.2, 0.25) is 0 Å². The van der Waals surface area contributed by atoms with Crippen LogP contribution in [0.15, 0.2) is 88.8 Å². The van der Waals surface area contributed by atoms with E-state index >= 15 is 0 Å².